The minimum absolute atomic E-state index is 0.0519. The summed E-state index contributed by atoms with van der Waals surface area (Å²) in [4.78, 5) is 48.7. The van der Waals surface area contributed by atoms with Crippen molar-refractivity contribution in [3.63, 3.8) is 0 Å². The SMILES string of the molecule is CN1C[C@H](C(=O)N[C@]2(C)O[C@@]3(O)[C@@H]4CC[C@@H](O)N4C(=O)[C@H](Cc4ccccc4)N3C2=O)C[C@@H]2c3cccc4[nH]c(C(F)(F)F)c(c34)C[C@H]21. The zero-order chi connectivity index (χ0) is 33.9. The van der Waals surface area contributed by atoms with Gasteiger partial charge in [-0.3, -0.25) is 24.0 Å². The molecule has 11 nitrogen and oxygen atoms in total. The Bertz CT molecular complexity index is 1830. The van der Waals surface area contributed by atoms with Gasteiger partial charge in [-0.05, 0) is 62.4 Å². The number of carbonyl (C=O) groups is 3. The first-order valence-corrected chi connectivity index (χ1v) is 16.2. The van der Waals surface area contributed by atoms with E-state index in [9.17, 15) is 37.8 Å². The summed E-state index contributed by atoms with van der Waals surface area (Å²) in [6.07, 6.45) is -4.80. The summed E-state index contributed by atoms with van der Waals surface area (Å²) in [6, 6.07) is 11.6. The minimum atomic E-state index is -4.53. The highest BCUT2D eigenvalue weighted by Crippen LogP contribution is 2.49. The zero-order valence-corrected chi connectivity index (χ0v) is 26.3. The number of likely N-dealkylation sites (N-methyl/N-ethyl adjacent to an activating group) is 1. The number of carbonyl (C=O) groups excluding carboxylic acids is 3. The van der Waals surface area contributed by atoms with Crippen LogP contribution in [0.4, 0.5) is 13.2 Å². The van der Waals surface area contributed by atoms with Gasteiger partial charge in [0.05, 0.1) is 5.92 Å². The number of hydrogen-bond acceptors (Lipinski definition) is 7. The van der Waals surface area contributed by atoms with Gasteiger partial charge in [0.2, 0.25) is 17.5 Å². The van der Waals surface area contributed by atoms with E-state index < -0.39 is 65.5 Å². The maximum atomic E-state index is 14.2. The van der Waals surface area contributed by atoms with Crippen LogP contribution in [0.5, 0.6) is 0 Å². The summed E-state index contributed by atoms with van der Waals surface area (Å²) in [6.45, 7) is 1.57. The van der Waals surface area contributed by atoms with E-state index in [0.717, 1.165) is 16.0 Å². The van der Waals surface area contributed by atoms with Gasteiger partial charge in [0.25, 0.3) is 11.8 Å². The van der Waals surface area contributed by atoms with Crippen LogP contribution in [0, 0.1) is 5.92 Å². The average Bonchev–Trinajstić information content (AvgIpc) is 3.68. The van der Waals surface area contributed by atoms with E-state index >= 15 is 0 Å². The highest BCUT2D eigenvalue weighted by molar-refractivity contribution is 5.97. The Kier molecular flexibility index (Phi) is 6.85. The van der Waals surface area contributed by atoms with Crippen LogP contribution >= 0.6 is 0 Å². The van der Waals surface area contributed by atoms with Gasteiger partial charge in [0.1, 0.15) is 24.0 Å². The number of aliphatic hydroxyl groups is 2. The molecule has 1 aliphatic carbocycles. The number of aromatic nitrogens is 1. The topological polar surface area (TPSA) is 138 Å². The number of benzene rings is 2. The number of likely N-dealkylation sites (tertiary alicyclic amines) is 1. The lowest BCUT2D eigenvalue weighted by atomic mass is 9.72. The number of rotatable bonds is 4. The maximum absolute atomic E-state index is 14.2. The fraction of sp³-hybridized carbons (Fsp3) is 0.500. The van der Waals surface area contributed by atoms with Crippen molar-refractivity contribution in [1.29, 1.82) is 0 Å². The van der Waals surface area contributed by atoms with Gasteiger partial charge in [0, 0.05) is 35.8 Å². The molecule has 4 N–H and O–H groups in total. The molecule has 5 heterocycles. The lowest BCUT2D eigenvalue weighted by Gasteiger charge is -2.49. The summed E-state index contributed by atoms with van der Waals surface area (Å²) in [5.41, 5.74) is -0.683. The van der Waals surface area contributed by atoms with Crippen LogP contribution in [0.3, 0.4) is 0 Å². The third-order valence-electron chi connectivity index (χ3n) is 11.1. The van der Waals surface area contributed by atoms with Crippen molar-refractivity contribution in [3.8, 4) is 0 Å². The Morgan fingerprint density at radius 1 is 1.12 bits per heavy atom. The number of amides is 3. The molecule has 8 atom stereocenters. The average molecular weight is 668 g/mol. The third kappa shape index (κ3) is 4.45. The summed E-state index contributed by atoms with van der Waals surface area (Å²) in [5.74, 6) is -5.04. The number of nitrogens with one attached hydrogen (secondary N) is 2. The molecule has 5 aliphatic rings. The minimum Gasteiger partial charge on any atom is -0.374 e. The van der Waals surface area contributed by atoms with Crippen molar-refractivity contribution in [2.45, 2.75) is 87.1 Å². The van der Waals surface area contributed by atoms with Crippen molar-refractivity contribution in [1.82, 2.24) is 25.0 Å². The molecule has 14 heteroatoms. The number of aliphatic hydroxyl groups excluding tert-OH is 1. The second-order valence-corrected chi connectivity index (χ2v) is 14.0. The second kappa shape index (κ2) is 10.5. The van der Waals surface area contributed by atoms with Crippen molar-refractivity contribution in [3.05, 3.63) is 70.9 Å². The molecular formula is C34H36F3N5O6. The molecule has 0 unspecified atom stereocenters. The van der Waals surface area contributed by atoms with Gasteiger partial charge >= 0.3 is 6.18 Å². The molecule has 4 saturated heterocycles. The summed E-state index contributed by atoms with van der Waals surface area (Å²) >= 11 is 0. The van der Waals surface area contributed by atoms with Gasteiger partial charge in [-0.25, -0.2) is 0 Å². The number of aromatic amines is 1. The molecule has 3 aromatic rings. The van der Waals surface area contributed by atoms with Crippen LogP contribution in [0.2, 0.25) is 0 Å². The number of hydrogen-bond donors (Lipinski definition) is 4. The number of H-pyrrole nitrogens is 1. The van der Waals surface area contributed by atoms with Crippen LogP contribution in [-0.4, -0.2) is 97.2 Å². The second-order valence-electron chi connectivity index (χ2n) is 14.0. The Hall–Kier alpha value is -3.98. The standard InChI is InChI=1S/C34H36F3N5O6/c1-32(31(46)42-24(13-17-7-4-3-5-8-17)30(45)41-25(11-12-26(41)43)34(42,47)48-32)39-29(44)18-14-20-19-9-6-10-22-27(19)21(15-23(20)40(2)16-18)28(38-22)33(35,36)37/h3-10,18,20,23-26,38,43,47H,11-16H2,1-2H3,(H,39,44)/t18-,20-,23-,24+,25+,26-,32-,34+/m1/s1. The largest absolute Gasteiger partial charge is 0.431 e. The Morgan fingerprint density at radius 2 is 1.88 bits per heavy atom. The zero-order valence-electron chi connectivity index (χ0n) is 26.3. The quantitative estimate of drug-likeness (QED) is 0.336. The van der Waals surface area contributed by atoms with Gasteiger partial charge in [-0.2, -0.15) is 13.2 Å². The number of nitrogens with zero attached hydrogens (tertiary/aromatic N) is 3. The lowest BCUT2D eigenvalue weighted by Crippen LogP contribution is -2.72. The number of piperazine rings is 1. The molecule has 8 rings (SSSR count). The van der Waals surface area contributed by atoms with E-state index in [1.54, 1.807) is 43.4 Å². The van der Waals surface area contributed by atoms with E-state index in [1.165, 1.54) is 11.8 Å². The normalized spacial score (nSPS) is 34.7. The van der Waals surface area contributed by atoms with E-state index in [2.05, 4.69) is 10.3 Å². The molecule has 0 bridgehead atoms. The fourth-order valence-electron chi connectivity index (χ4n) is 9.00. The molecule has 3 amide bonds. The summed E-state index contributed by atoms with van der Waals surface area (Å²) in [7, 11) is 1.78. The molecule has 4 aliphatic heterocycles. The molecular weight excluding hydrogens is 631 g/mol. The molecule has 4 fully saturated rings. The molecule has 254 valence electrons. The van der Waals surface area contributed by atoms with E-state index in [1.807, 2.05) is 17.0 Å². The third-order valence-corrected chi connectivity index (χ3v) is 11.1. The van der Waals surface area contributed by atoms with Crippen molar-refractivity contribution >= 4 is 28.6 Å². The number of ether oxygens (including phenoxy) is 1. The van der Waals surface area contributed by atoms with Crippen LogP contribution in [0.15, 0.2) is 48.5 Å². The predicted molar refractivity (Wildman–Crippen MR) is 164 cm³/mol. The molecule has 0 radical (unpaired) electrons. The van der Waals surface area contributed by atoms with Crippen LogP contribution in [-0.2, 0) is 38.1 Å². The molecule has 1 aromatic heterocycles. The van der Waals surface area contributed by atoms with Gasteiger partial charge in [0.15, 0.2) is 0 Å². The van der Waals surface area contributed by atoms with Crippen molar-refractivity contribution in [2.24, 2.45) is 5.92 Å². The molecule has 0 spiro atoms. The fourth-order valence-corrected chi connectivity index (χ4v) is 9.00. The van der Waals surface area contributed by atoms with Gasteiger partial charge in [-0.15, -0.1) is 0 Å². The summed E-state index contributed by atoms with van der Waals surface area (Å²) in [5, 5.41) is 26.1. The number of piperidine rings is 1. The number of halogens is 3. The lowest BCUT2D eigenvalue weighted by molar-refractivity contribution is -0.319. The Morgan fingerprint density at radius 3 is 2.60 bits per heavy atom. The van der Waals surface area contributed by atoms with Crippen molar-refractivity contribution in [2.75, 3.05) is 13.6 Å². The van der Waals surface area contributed by atoms with Crippen LogP contribution in [0.25, 0.3) is 10.9 Å². The number of alkyl halides is 3. The molecule has 0 saturated carbocycles. The molecule has 48 heavy (non-hydrogen) atoms. The Labute approximate surface area is 273 Å². The van der Waals surface area contributed by atoms with E-state index in [0.29, 0.717) is 17.3 Å². The smallest absolute Gasteiger partial charge is 0.374 e. The molecule has 2 aromatic carbocycles. The monoisotopic (exact) mass is 667 g/mol. The van der Waals surface area contributed by atoms with E-state index in [-0.39, 0.29) is 49.8 Å². The first kappa shape index (κ1) is 31.3. The van der Waals surface area contributed by atoms with Crippen molar-refractivity contribution < 1.29 is 42.5 Å². The Balaban J connectivity index is 1.08. The van der Waals surface area contributed by atoms with Gasteiger partial charge in [-0.1, -0.05) is 42.5 Å². The van der Waals surface area contributed by atoms with Gasteiger partial charge < -0.3 is 30.3 Å². The van der Waals surface area contributed by atoms with Crippen LogP contribution < -0.4 is 5.32 Å². The number of fused-ring (bicyclic) bond motifs is 5. The highest BCUT2D eigenvalue weighted by Gasteiger charge is 2.71. The van der Waals surface area contributed by atoms with Crippen LogP contribution in [0.1, 0.15) is 54.5 Å². The maximum Gasteiger partial charge on any atom is 0.431 e. The first-order valence-electron chi connectivity index (χ1n) is 16.2. The first-order chi connectivity index (χ1) is 22.7. The highest BCUT2D eigenvalue weighted by atomic mass is 19.4. The van der Waals surface area contributed by atoms with E-state index in [4.69, 9.17) is 4.74 Å². The predicted octanol–water partition coefficient (Wildman–Crippen LogP) is 2.42. The summed E-state index contributed by atoms with van der Waals surface area (Å²) < 4.78 is 48.0.